The normalized spacial score (nSPS) is 11.4. The number of amides is 1. The van der Waals surface area contributed by atoms with E-state index in [4.69, 9.17) is 16.7 Å². The average molecular weight is 299 g/mol. The number of halogens is 1. The Morgan fingerprint density at radius 3 is 2.60 bits per heavy atom. The summed E-state index contributed by atoms with van der Waals surface area (Å²) in [5.41, 5.74) is -0.376. The van der Waals surface area contributed by atoms with E-state index in [1.807, 2.05) is 0 Å². The van der Waals surface area contributed by atoms with Crippen LogP contribution < -0.4 is 5.32 Å². The highest BCUT2D eigenvalue weighted by molar-refractivity contribution is 6.30. The van der Waals surface area contributed by atoms with Gasteiger partial charge < -0.3 is 10.4 Å². The fourth-order valence-corrected chi connectivity index (χ4v) is 1.69. The fourth-order valence-electron chi connectivity index (χ4n) is 1.50. The molecule has 0 bridgehead atoms. The summed E-state index contributed by atoms with van der Waals surface area (Å²) in [6.45, 7) is 3.56. The molecular weight excluding hydrogens is 280 g/mol. The zero-order valence-corrected chi connectivity index (χ0v) is 12.6. The molecule has 0 aliphatic carbocycles. The van der Waals surface area contributed by atoms with Gasteiger partial charge in [0.05, 0.1) is 0 Å². The average Bonchev–Trinajstić information content (AvgIpc) is 2.35. The molecule has 2 N–H and O–H groups in total. The summed E-state index contributed by atoms with van der Waals surface area (Å²) in [5, 5.41) is 12.4. The Balaban J connectivity index is 2.50. The molecule has 1 aromatic rings. The van der Waals surface area contributed by atoms with Crippen molar-refractivity contribution in [2.75, 3.05) is 18.9 Å². The maximum Gasteiger partial charge on any atom is 0.323 e. The topological polar surface area (TPSA) is 69.6 Å². The van der Waals surface area contributed by atoms with Crippen LogP contribution in [0.4, 0.5) is 5.69 Å². The van der Waals surface area contributed by atoms with Crippen molar-refractivity contribution in [3.63, 3.8) is 0 Å². The van der Waals surface area contributed by atoms with Crippen LogP contribution in [-0.4, -0.2) is 41.0 Å². The van der Waals surface area contributed by atoms with Gasteiger partial charge in [-0.2, -0.15) is 0 Å². The molecule has 0 aromatic heterocycles. The molecule has 0 fully saturated rings. The van der Waals surface area contributed by atoms with Gasteiger partial charge >= 0.3 is 5.97 Å². The van der Waals surface area contributed by atoms with E-state index in [2.05, 4.69) is 5.32 Å². The third-order valence-corrected chi connectivity index (χ3v) is 3.50. The SMILES string of the molecule is CN(CCC(=O)Nc1cccc(Cl)c1)C(C)(C)C(=O)O. The molecule has 110 valence electrons. The molecule has 0 heterocycles. The fraction of sp³-hybridized carbons (Fsp3) is 0.429. The lowest BCUT2D eigenvalue weighted by Crippen LogP contribution is -2.48. The molecule has 1 rings (SSSR count). The van der Waals surface area contributed by atoms with Gasteiger partial charge in [-0.3, -0.25) is 14.5 Å². The molecule has 0 unspecified atom stereocenters. The van der Waals surface area contributed by atoms with Crippen LogP contribution in [0.25, 0.3) is 0 Å². The Bertz CT molecular complexity index is 503. The van der Waals surface area contributed by atoms with Gasteiger partial charge in [0.1, 0.15) is 5.54 Å². The molecule has 0 aliphatic heterocycles. The van der Waals surface area contributed by atoms with Crippen molar-refractivity contribution in [2.45, 2.75) is 25.8 Å². The molecule has 5 nitrogen and oxygen atoms in total. The molecule has 6 heteroatoms. The van der Waals surface area contributed by atoms with Crippen LogP contribution in [0.5, 0.6) is 0 Å². The van der Waals surface area contributed by atoms with Crippen LogP contribution in [0.3, 0.4) is 0 Å². The molecule has 1 amide bonds. The number of carboxylic acids is 1. The predicted octanol–water partition coefficient (Wildman–Crippen LogP) is 2.46. The quantitative estimate of drug-likeness (QED) is 0.846. The summed E-state index contributed by atoms with van der Waals surface area (Å²) in [4.78, 5) is 24.5. The van der Waals surface area contributed by atoms with Crippen LogP contribution in [0.1, 0.15) is 20.3 Å². The number of hydrogen-bond acceptors (Lipinski definition) is 3. The molecular formula is C14H19ClN2O3. The molecule has 0 saturated carbocycles. The lowest BCUT2D eigenvalue weighted by atomic mass is 10.0. The van der Waals surface area contributed by atoms with E-state index < -0.39 is 11.5 Å². The summed E-state index contributed by atoms with van der Waals surface area (Å²) in [6.07, 6.45) is 0.208. The zero-order chi connectivity index (χ0) is 15.3. The van der Waals surface area contributed by atoms with Crippen molar-refractivity contribution >= 4 is 29.2 Å². The minimum atomic E-state index is -1.00. The first kappa shape index (κ1) is 16.5. The molecule has 20 heavy (non-hydrogen) atoms. The van der Waals surface area contributed by atoms with Gasteiger partial charge in [0.2, 0.25) is 5.91 Å². The summed E-state index contributed by atoms with van der Waals surface area (Å²) >= 11 is 5.83. The monoisotopic (exact) mass is 298 g/mol. The number of nitrogens with one attached hydrogen (secondary N) is 1. The van der Waals surface area contributed by atoms with Crippen LogP contribution in [-0.2, 0) is 9.59 Å². The van der Waals surface area contributed by atoms with E-state index in [-0.39, 0.29) is 12.3 Å². The van der Waals surface area contributed by atoms with Crippen molar-refractivity contribution in [3.05, 3.63) is 29.3 Å². The summed E-state index contributed by atoms with van der Waals surface area (Å²) < 4.78 is 0. The number of carboxylic acid groups (broad SMARTS) is 1. The minimum Gasteiger partial charge on any atom is -0.480 e. The second-order valence-electron chi connectivity index (χ2n) is 5.09. The minimum absolute atomic E-state index is 0.180. The van der Waals surface area contributed by atoms with Crippen LogP contribution >= 0.6 is 11.6 Å². The van der Waals surface area contributed by atoms with Crippen LogP contribution in [0.15, 0.2) is 24.3 Å². The predicted molar refractivity (Wildman–Crippen MR) is 79.0 cm³/mol. The number of hydrogen-bond donors (Lipinski definition) is 2. The molecule has 0 saturated heterocycles. The lowest BCUT2D eigenvalue weighted by Gasteiger charge is -2.31. The van der Waals surface area contributed by atoms with Gasteiger partial charge in [0.15, 0.2) is 0 Å². The highest BCUT2D eigenvalue weighted by atomic mass is 35.5. The first-order valence-corrected chi connectivity index (χ1v) is 6.61. The number of aliphatic carboxylic acids is 1. The standard InChI is InChI=1S/C14H19ClN2O3/c1-14(2,13(19)20)17(3)8-7-12(18)16-11-6-4-5-10(15)9-11/h4-6,9H,7-8H2,1-3H3,(H,16,18)(H,19,20). The molecule has 1 aromatic carbocycles. The van der Waals surface area contributed by atoms with Crippen molar-refractivity contribution in [2.24, 2.45) is 0 Å². The highest BCUT2D eigenvalue weighted by Gasteiger charge is 2.31. The Hall–Kier alpha value is -1.59. The molecule has 0 spiro atoms. The Kier molecular flexibility index (Phi) is 5.53. The van der Waals surface area contributed by atoms with Gasteiger partial charge in [-0.1, -0.05) is 17.7 Å². The van der Waals surface area contributed by atoms with Crippen molar-refractivity contribution in [1.82, 2.24) is 4.90 Å². The number of nitrogens with zero attached hydrogens (tertiary/aromatic N) is 1. The summed E-state index contributed by atoms with van der Waals surface area (Å²) in [6, 6.07) is 6.87. The summed E-state index contributed by atoms with van der Waals surface area (Å²) in [5.74, 6) is -1.10. The maximum atomic E-state index is 11.8. The second-order valence-corrected chi connectivity index (χ2v) is 5.53. The van der Waals surface area contributed by atoms with Gasteiger partial charge in [0, 0.05) is 23.7 Å². The van der Waals surface area contributed by atoms with E-state index in [0.717, 1.165) is 0 Å². The third-order valence-electron chi connectivity index (χ3n) is 3.26. The van der Waals surface area contributed by atoms with Gasteiger partial charge in [-0.25, -0.2) is 0 Å². The van der Waals surface area contributed by atoms with E-state index >= 15 is 0 Å². The van der Waals surface area contributed by atoms with E-state index in [1.54, 1.807) is 50.1 Å². The third kappa shape index (κ3) is 4.51. The smallest absolute Gasteiger partial charge is 0.323 e. The highest BCUT2D eigenvalue weighted by Crippen LogP contribution is 2.16. The van der Waals surface area contributed by atoms with Gasteiger partial charge in [0.25, 0.3) is 0 Å². The second kappa shape index (κ2) is 6.72. The van der Waals surface area contributed by atoms with E-state index in [0.29, 0.717) is 17.3 Å². The largest absolute Gasteiger partial charge is 0.480 e. The number of benzene rings is 1. The molecule has 0 radical (unpaired) electrons. The maximum absolute atomic E-state index is 11.8. The number of carbonyl (C=O) groups is 2. The van der Waals surface area contributed by atoms with Crippen molar-refractivity contribution in [3.8, 4) is 0 Å². The lowest BCUT2D eigenvalue weighted by molar-refractivity contribution is -0.148. The van der Waals surface area contributed by atoms with Crippen LogP contribution in [0, 0.1) is 0 Å². The first-order valence-electron chi connectivity index (χ1n) is 6.23. The van der Waals surface area contributed by atoms with Crippen molar-refractivity contribution < 1.29 is 14.7 Å². The van der Waals surface area contributed by atoms with Gasteiger partial charge in [-0.05, 0) is 39.1 Å². The first-order chi connectivity index (χ1) is 9.23. The van der Waals surface area contributed by atoms with Gasteiger partial charge in [-0.15, -0.1) is 0 Å². The Morgan fingerprint density at radius 2 is 2.05 bits per heavy atom. The Morgan fingerprint density at radius 1 is 1.40 bits per heavy atom. The Labute approximate surface area is 123 Å². The zero-order valence-electron chi connectivity index (χ0n) is 11.8. The van der Waals surface area contributed by atoms with E-state index in [9.17, 15) is 9.59 Å². The number of carbonyl (C=O) groups excluding carboxylic acids is 1. The number of anilines is 1. The van der Waals surface area contributed by atoms with Crippen LogP contribution in [0.2, 0.25) is 5.02 Å². The summed E-state index contributed by atoms with van der Waals surface area (Å²) in [7, 11) is 1.68. The number of rotatable bonds is 6. The molecule has 0 aliphatic rings. The number of likely N-dealkylation sites (N-methyl/N-ethyl adjacent to an activating group) is 1. The van der Waals surface area contributed by atoms with E-state index in [1.165, 1.54) is 0 Å². The van der Waals surface area contributed by atoms with Crippen molar-refractivity contribution in [1.29, 1.82) is 0 Å². The molecule has 0 atom stereocenters.